The Hall–Kier alpha value is -2.57. The highest BCUT2D eigenvalue weighted by Gasteiger charge is 2.49. The molecule has 4 saturated heterocycles. The van der Waals surface area contributed by atoms with Gasteiger partial charge in [0.2, 0.25) is 5.78 Å². The molecule has 5 nitrogen and oxygen atoms in total. The molecule has 2 bridgehead atoms. The van der Waals surface area contributed by atoms with Gasteiger partial charge in [0.25, 0.3) is 0 Å². The molecule has 1 unspecified atom stereocenters. The summed E-state index contributed by atoms with van der Waals surface area (Å²) in [5.74, 6) is -0.243. The van der Waals surface area contributed by atoms with E-state index in [2.05, 4.69) is 4.90 Å². The summed E-state index contributed by atoms with van der Waals surface area (Å²) in [5, 5.41) is 0. The van der Waals surface area contributed by atoms with E-state index in [1.54, 1.807) is 12.1 Å². The van der Waals surface area contributed by atoms with Gasteiger partial charge < -0.3 is 9.22 Å². The van der Waals surface area contributed by atoms with Crippen molar-refractivity contribution in [3.05, 3.63) is 71.5 Å². The predicted molar refractivity (Wildman–Crippen MR) is 128 cm³/mol. The van der Waals surface area contributed by atoms with E-state index in [1.165, 1.54) is 18.6 Å². The van der Waals surface area contributed by atoms with E-state index in [0.29, 0.717) is 29.1 Å². The van der Waals surface area contributed by atoms with Crippen LogP contribution in [0, 0.1) is 11.7 Å². The number of likely N-dealkylation sites (tertiary alicyclic amines) is 1. The molecule has 0 N–H and O–H groups in total. The van der Waals surface area contributed by atoms with Gasteiger partial charge in [0.05, 0.1) is 13.1 Å². The first kappa shape index (κ1) is 23.2. The summed E-state index contributed by atoms with van der Waals surface area (Å²) in [6.07, 6.45) is 5.14. The fourth-order valence-electron chi connectivity index (χ4n) is 6.16. The third-order valence-electron chi connectivity index (χ3n) is 8.03. The van der Waals surface area contributed by atoms with Crippen molar-refractivity contribution in [3.63, 3.8) is 0 Å². The average Bonchev–Trinajstić information content (AvgIpc) is 2.86. The fraction of sp³-hybridized carbons (Fsp3) is 0.500. The second-order valence-electron chi connectivity index (χ2n) is 10.3. The molecule has 6 rings (SSSR count). The monoisotopic (exact) mass is 465 g/mol. The van der Waals surface area contributed by atoms with E-state index < -0.39 is 0 Å². The van der Waals surface area contributed by atoms with Gasteiger partial charge in [-0.05, 0) is 43.6 Å². The van der Waals surface area contributed by atoms with Gasteiger partial charge in [0.1, 0.15) is 24.9 Å². The first-order valence-corrected chi connectivity index (χ1v) is 12.7. The van der Waals surface area contributed by atoms with Gasteiger partial charge >= 0.3 is 5.97 Å². The molecule has 4 aliphatic rings. The molecule has 0 spiro atoms. The molecule has 0 saturated carbocycles. The van der Waals surface area contributed by atoms with Crippen molar-refractivity contribution < 1.29 is 23.2 Å². The van der Waals surface area contributed by atoms with Crippen LogP contribution >= 0.6 is 0 Å². The van der Waals surface area contributed by atoms with Crippen LogP contribution in [-0.4, -0.2) is 66.5 Å². The van der Waals surface area contributed by atoms with Crippen molar-refractivity contribution in [2.75, 3.05) is 39.3 Å². The molecule has 4 aliphatic heterocycles. The molecule has 6 heteroatoms. The number of rotatable bonds is 7. The number of quaternary nitrogens is 1. The number of fused-ring (bicyclic) bond motifs is 3. The third kappa shape index (κ3) is 4.93. The van der Waals surface area contributed by atoms with Gasteiger partial charge in [0, 0.05) is 24.3 Å². The van der Waals surface area contributed by atoms with E-state index in [1.807, 2.05) is 30.3 Å². The van der Waals surface area contributed by atoms with Crippen LogP contribution in [0.2, 0.25) is 0 Å². The minimum absolute atomic E-state index is 0.0413. The maximum Gasteiger partial charge on any atom is 0.328 e. The number of benzene rings is 2. The summed E-state index contributed by atoms with van der Waals surface area (Å²) in [5.41, 5.74) is 1.41. The number of hydrogen-bond donors (Lipinski definition) is 0. The highest BCUT2D eigenvalue weighted by atomic mass is 19.1. The van der Waals surface area contributed by atoms with Crippen molar-refractivity contribution in [2.45, 2.75) is 44.2 Å². The molecule has 0 radical (unpaired) electrons. The minimum Gasteiger partial charge on any atom is -0.455 e. The quantitative estimate of drug-likeness (QED) is 0.346. The molecule has 2 atom stereocenters. The lowest BCUT2D eigenvalue weighted by Gasteiger charge is -2.51. The van der Waals surface area contributed by atoms with E-state index >= 15 is 0 Å². The Balaban J connectivity index is 1.30. The summed E-state index contributed by atoms with van der Waals surface area (Å²) in [7, 11) is 0. The van der Waals surface area contributed by atoms with Crippen molar-refractivity contribution in [2.24, 2.45) is 5.92 Å². The van der Waals surface area contributed by atoms with Crippen LogP contribution in [0.25, 0.3) is 0 Å². The maximum atomic E-state index is 13.6. The molecule has 2 aromatic carbocycles. The normalized spacial score (nSPS) is 27.8. The van der Waals surface area contributed by atoms with E-state index in [4.69, 9.17) is 4.74 Å². The Kier molecular flexibility index (Phi) is 6.79. The number of halogens is 1. The van der Waals surface area contributed by atoms with E-state index in [-0.39, 0.29) is 29.7 Å². The van der Waals surface area contributed by atoms with Crippen molar-refractivity contribution in [1.29, 1.82) is 0 Å². The highest BCUT2D eigenvalue weighted by molar-refractivity contribution is 5.97. The summed E-state index contributed by atoms with van der Waals surface area (Å²) in [4.78, 5) is 28.8. The van der Waals surface area contributed by atoms with Crippen LogP contribution in [0.3, 0.4) is 0 Å². The van der Waals surface area contributed by atoms with Crippen molar-refractivity contribution in [3.8, 4) is 0 Å². The summed E-state index contributed by atoms with van der Waals surface area (Å²) < 4.78 is 20.5. The Bertz CT molecular complexity index is 1010. The van der Waals surface area contributed by atoms with Gasteiger partial charge in [-0.2, -0.15) is 0 Å². The number of ether oxygens (including phenoxy) is 1. The second kappa shape index (κ2) is 9.96. The Morgan fingerprint density at radius 1 is 1.00 bits per heavy atom. The Morgan fingerprint density at radius 3 is 2.44 bits per heavy atom. The van der Waals surface area contributed by atoms with Gasteiger partial charge in [-0.3, -0.25) is 9.69 Å². The lowest BCUT2D eigenvalue weighted by molar-refractivity contribution is -0.938. The molecule has 0 aliphatic carbocycles. The Labute approximate surface area is 201 Å². The molecule has 0 aromatic heterocycles. The summed E-state index contributed by atoms with van der Waals surface area (Å²) in [6, 6.07) is 15.5. The molecule has 180 valence electrons. The molecular formula is C28H34FN2O3+. The molecule has 2 aromatic rings. The van der Waals surface area contributed by atoms with Crippen LogP contribution in [0.15, 0.2) is 54.6 Å². The number of piperidine rings is 4. The number of Topliss-reactive ketones (excluding diaryl/α,β-unsaturated/α-hetero) is 1. The first-order valence-electron chi connectivity index (χ1n) is 12.7. The molecule has 0 amide bonds. The summed E-state index contributed by atoms with van der Waals surface area (Å²) >= 11 is 0. The van der Waals surface area contributed by atoms with Crippen molar-refractivity contribution in [1.82, 2.24) is 4.90 Å². The van der Waals surface area contributed by atoms with Gasteiger partial charge in [-0.25, -0.2) is 9.18 Å². The van der Waals surface area contributed by atoms with E-state index in [0.717, 1.165) is 57.4 Å². The number of hydrogen-bond acceptors (Lipinski definition) is 4. The smallest absolute Gasteiger partial charge is 0.328 e. The van der Waals surface area contributed by atoms with Crippen LogP contribution in [0.1, 0.15) is 54.1 Å². The molecule has 4 heterocycles. The molecule has 34 heavy (non-hydrogen) atoms. The van der Waals surface area contributed by atoms with Crippen LogP contribution in [0.5, 0.6) is 0 Å². The number of esters is 1. The zero-order chi connectivity index (χ0) is 23.5. The van der Waals surface area contributed by atoms with E-state index in [9.17, 15) is 14.0 Å². The Morgan fingerprint density at radius 2 is 1.74 bits per heavy atom. The number of ketones is 1. The minimum atomic E-state index is -0.389. The average molecular weight is 466 g/mol. The lowest BCUT2D eigenvalue weighted by Crippen LogP contribution is -2.66. The third-order valence-corrected chi connectivity index (χ3v) is 8.03. The summed E-state index contributed by atoms with van der Waals surface area (Å²) in [6.45, 7) is 4.63. The zero-order valence-electron chi connectivity index (χ0n) is 19.7. The van der Waals surface area contributed by atoms with Gasteiger partial charge in [-0.15, -0.1) is 0 Å². The topological polar surface area (TPSA) is 46.6 Å². The molecular weight excluding hydrogens is 431 g/mol. The molecule has 4 fully saturated rings. The van der Waals surface area contributed by atoms with Crippen LogP contribution in [-0.2, 0) is 9.53 Å². The SMILES string of the molecule is O=C(C[N+]12CCC(CC1)[C@@H](OC(=O)C(c1ccccc1)N1CCCCC1)C2)c1cccc(F)c1. The number of nitrogens with zero attached hydrogens (tertiary/aromatic N) is 2. The predicted octanol–water partition coefficient (Wildman–Crippen LogP) is 4.39. The first-order chi connectivity index (χ1) is 16.5. The lowest BCUT2D eigenvalue weighted by atomic mass is 9.82. The van der Waals surface area contributed by atoms with Crippen molar-refractivity contribution >= 4 is 11.8 Å². The highest BCUT2D eigenvalue weighted by Crippen LogP contribution is 2.37. The standard InChI is InChI=1S/C28H34FN2O3/c29-24-11-7-10-23(18-24)25(32)19-31-16-12-21(13-17-31)26(20-31)34-28(33)27(22-8-3-1-4-9-22)30-14-5-2-6-15-30/h1,3-4,7-11,18,21,26-27H,2,5-6,12-17,19-20H2/q+1/t21?,26-,27?,31?/m0/s1. The van der Waals surface area contributed by atoms with Crippen LogP contribution in [0.4, 0.5) is 4.39 Å². The zero-order valence-corrected chi connectivity index (χ0v) is 19.7. The largest absolute Gasteiger partial charge is 0.455 e. The maximum absolute atomic E-state index is 13.6. The second-order valence-corrected chi connectivity index (χ2v) is 10.3. The van der Waals surface area contributed by atoms with Gasteiger partial charge in [0.15, 0.2) is 6.10 Å². The fourth-order valence-corrected chi connectivity index (χ4v) is 6.16. The number of carbonyl (C=O) groups excluding carboxylic acids is 2. The number of carbonyl (C=O) groups is 2. The van der Waals surface area contributed by atoms with Crippen LogP contribution < -0.4 is 0 Å². The van der Waals surface area contributed by atoms with Gasteiger partial charge in [-0.1, -0.05) is 48.9 Å².